The molecule has 0 aliphatic heterocycles. The zero-order valence-corrected chi connectivity index (χ0v) is 15.9. The van der Waals surface area contributed by atoms with Gasteiger partial charge in [0.25, 0.3) is 0 Å². The lowest BCUT2D eigenvalue weighted by Crippen LogP contribution is -2.59. The molecule has 4 bridgehead atoms. The standard InChI is InChI=1S/C21H30N4O2/c1-27-24-11-17(22)16-10-23-18-4-2-3-15(18)20(16)25-19-13-5-12-6-14(19)9-21(26,7-12)8-13/h2-3,10,12-14,17,19,24,26H,4-9,11,22H2,1H3,(H,23,25). The lowest BCUT2D eigenvalue weighted by Gasteiger charge is -2.58. The van der Waals surface area contributed by atoms with E-state index in [0.29, 0.717) is 30.3 Å². The molecule has 5 aliphatic carbocycles. The van der Waals surface area contributed by atoms with Crippen LogP contribution in [0.2, 0.25) is 0 Å². The van der Waals surface area contributed by atoms with Crippen LogP contribution in [-0.4, -0.2) is 35.4 Å². The van der Waals surface area contributed by atoms with Crippen LogP contribution in [0.4, 0.5) is 5.69 Å². The number of pyridine rings is 1. The molecule has 0 aromatic carbocycles. The van der Waals surface area contributed by atoms with Crippen molar-refractivity contribution in [3.8, 4) is 0 Å². The average molecular weight is 370 g/mol. The summed E-state index contributed by atoms with van der Waals surface area (Å²) in [6.07, 6.45) is 12.5. The molecule has 0 saturated heterocycles. The summed E-state index contributed by atoms with van der Waals surface area (Å²) >= 11 is 0. The molecule has 0 amide bonds. The fourth-order valence-corrected chi connectivity index (χ4v) is 6.32. The second-order valence-electron chi connectivity index (χ2n) is 9.08. The molecule has 5 aliphatic rings. The van der Waals surface area contributed by atoms with Crippen LogP contribution in [0, 0.1) is 17.8 Å². The van der Waals surface area contributed by atoms with Gasteiger partial charge in [0.2, 0.25) is 0 Å². The third kappa shape index (κ3) is 2.99. The molecule has 146 valence electrons. The zero-order valence-electron chi connectivity index (χ0n) is 15.9. The third-order valence-electron chi connectivity index (χ3n) is 7.22. The summed E-state index contributed by atoms with van der Waals surface area (Å²) in [6.45, 7) is 0.536. The highest BCUT2D eigenvalue weighted by Crippen LogP contribution is 2.56. The Hall–Kier alpha value is -1.47. The maximum Gasteiger partial charge on any atom is 0.0657 e. The van der Waals surface area contributed by atoms with Crippen molar-refractivity contribution in [2.45, 2.75) is 56.2 Å². The van der Waals surface area contributed by atoms with Gasteiger partial charge in [-0.1, -0.05) is 12.2 Å². The number of aliphatic hydroxyl groups is 1. The molecule has 6 rings (SSSR count). The van der Waals surface area contributed by atoms with Crippen molar-refractivity contribution >= 4 is 11.8 Å². The van der Waals surface area contributed by atoms with Gasteiger partial charge in [0.15, 0.2) is 0 Å². The summed E-state index contributed by atoms with van der Waals surface area (Å²) in [4.78, 5) is 9.65. The lowest BCUT2D eigenvalue weighted by atomic mass is 9.52. The highest BCUT2D eigenvalue weighted by molar-refractivity contribution is 5.75. The van der Waals surface area contributed by atoms with Crippen LogP contribution in [0.1, 0.15) is 55.0 Å². The molecule has 0 spiro atoms. The van der Waals surface area contributed by atoms with Crippen LogP contribution in [-0.2, 0) is 11.3 Å². The molecule has 1 aromatic heterocycles. The van der Waals surface area contributed by atoms with Gasteiger partial charge >= 0.3 is 0 Å². The molecular formula is C21H30N4O2. The van der Waals surface area contributed by atoms with Crippen molar-refractivity contribution in [1.82, 2.24) is 10.5 Å². The summed E-state index contributed by atoms with van der Waals surface area (Å²) in [5, 5.41) is 14.8. The van der Waals surface area contributed by atoms with E-state index in [0.717, 1.165) is 42.6 Å². The van der Waals surface area contributed by atoms with E-state index >= 15 is 0 Å². The number of rotatable bonds is 6. The molecule has 4 fully saturated rings. The molecule has 6 heteroatoms. The van der Waals surface area contributed by atoms with E-state index in [1.807, 2.05) is 6.20 Å². The Morgan fingerprint density at radius 2 is 2.11 bits per heavy atom. The number of anilines is 1. The smallest absolute Gasteiger partial charge is 0.0657 e. The minimum Gasteiger partial charge on any atom is -0.390 e. The molecular weight excluding hydrogens is 340 g/mol. The van der Waals surface area contributed by atoms with Gasteiger partial charge in [0.1, 0.15) is 0 Å². The van der Waals surface area contributed by atoms with Crippen LogP contribution < -0.4 is 16.5 Å². The van der Waals surface area contributed by atoms with Gasteiger partial charge < -0.3 is 21.0 Å². The van der Waals surface area contributed by atoms with E-state index in [1.165, 1.54) is 18.4 Å². The summed E-state index contributed by atoms with van der Waals surface area (Å²) in [5.41, 5.74) is 13.4. The molecule has 1 heterocycles. The van der Waals surface area contributed by atoms with E-state index in [2.05, 4.69) is 27.9 Å². The summed E-state index contributed by atoms with van der Waals surface area (Å²) < 4.78 is 0. The van der Waals surface area contributed by atoms with Crippen molar-refractivity contribution in [3.05, 3.63) is 29.1 Å². The van der Waals surface area contributed by atoms with E-state index in [-0.39, 0.29) is 6.04 Å². The van der Waals surface area contributed by atoms with Crippen LogP contribution in [0.5, 0.6) is 0 Å². The Balaban J connectivity index is 1.46. The second-order valence-corrected chi connectivity index (χ2v) is 9.08. The molecule has 5 N–H and O–H groups in total. The normalized spacial score (nSPS) is 36.9. The summed E-state index contributed by atoms with van der Waals surface area (Å²) in [5.74, 6) is 1.81. The van der Waals surface area contributed by atoms with Crippen LogP contribution in [0.25, 0.3) is 6.08 Å². The van der Waals surface area contributed by atoms with Gasteiger partial charge in [-0.15, -0.1) is 0 Å². The van der Waals surface area contributed by atoms with E-state index in [9.17, 15) is 5.11 Å². The van der Waals surface area contributed by atoms with Gasteiger partial charge in [-0.25, -0.2) is 5.48 Å². The Morgan fingerprint density at radius 1 is 1.33 bits per heavy atom. The SMILES string of the molecule is CONCC(N)c1cnc2c(c1NC1C3CC4CC1CC(O)(C4)C3)C=CC2. The Morgan fingerprint density at radius 3 is 2.81 bits per heavy atom. The number of hydroxylamine groups is 1. The number of nitrogens with two attached hydrogens (primary N) is 1. The van der Waals surface area contributed by atoms with Crippen molar-refractivity contribution in [2.24, 2.45) is 23.5 Å². The quantitative estimate of drug-likeness (QED) is 0.574. The fourth-order valence-electron chi connectivity index (χ4n) is 6.32. The number of hydrogen-bond donors (Lipinski definition) is 4. The zero-order chi connectivity index (χ0) is 18.6. The predicted octanol–water partition coefficient (Wildman–Crippen LogP) is 2.15. The number of aromatic nitrogens is 1. The van der Waals surface area contributed by atoms with Crippen molar-refractivity contribution < 1.29 is 9.94 Å². The number of hydrogen-bond acceptors (Lipinski definition) is 6. The second kappa shape index (κ2) is 6.55. The maximum atomic E-state index is 10.9. The van der Waals surface area contributed by atoms with Gasteiger partial charge in [-0.3, -0.25) is 4.98 Å². The first kappa shape index (κ1) is 17.6. The number of nitrogens with one attached hydrogen (secondary N) is 2. The topological polar surface area (TPSA) is 92.4 Å². The monoisotopic (exact) mass is 370 g/mol. The number of fused-ring (bicyclic) bond motifs is 1. The molecule has 3 unspecified atom stereocenters. The molecule has 27 heavy (non-hydrogen) atoms. The first-order valence-electron chi connectivity index (χ1n) is 10.2. The van der Waals surface area contributed by atoms with E-state index in [4.69, 9.17) is 10.6 Å². The van der Waals surface area contributed by atoms with Crippen LogP contribution >= 0.6 is 0 Å². The molecule has 0 radical (unpaired) electrons. The van der Waals surface area contributed by atoms with Crippen molar-refractivity contribution in [3.63, 3.8) is 0 Å². The van der Waals surface area contributed by atoms with Crippen molar-refractivity contribution in [1.29, 1.82) is 0 Å². The Labute approximate surface area is 160 Å². The first-order chi connectivity index (χ1) is 13.1. The van der Waals surface area contributed by atoms with Gasteiger partial charge in [-0.2, -0.15) is 0 Å². The highest BCUT2D eigenvalue weighted by Gasteiger charge is 2.54. The highest BCUT2D eigenvalue weighted by atomic mass is 16.6. The Kier molecular flexibility index (Phi) is 4.27. The minimum absolute atomic E-state index is 0.194. The van der Waals surface area contributed by atoms with Gasteiger partial charge in [-0.05, 0) is 49.9 Å². The summed E-state index contributed by atoms with van der Waals surface area (Å²) in [6, 6.07) is 0.226. The molecule has 6 nitrogen and oxygen atoms in total. The van der Waals surface area contributed by atoms with Gasteiger partial charge in [0, 0.05) is 48.1 Å². The van der Waals surface area contributed by atoms with Crippen LogP contribution in [0.15, 0.2) is 12.3 Å². The number of allylic oxidation sites excluding steroid dienone is 1. The van der Waals surface area contributed by atoms with E-state index in [1.54, 1.807) is 7.11 Å². The minimum atomic E-state index is -0.406. The largest absolute Gasteiger partial charge is 0.390 e. The average Bonchev–Trinajstić information content (AvgIpc) is 3.10. The predicted molar refractivity (Wildman–Crippen MR) is 105 cm³/mol. The molecule has 3 atom stereocenters. The van der Waals surface area contributed by atoms with Crippen LogP contribution in [0.3, 0.4) is 0 Å². The van der Waals surface area contributed by atoms with Gasteiger partial charge in [0.05, 0.1) is 18.4 Å². The number of nitrogens with zero attached hydrogens (tertiary/aromatic N) is 1. The lowest BCUT2D eigenvalue weighted by molar-refractivity contribution is -0.129. The van der Waals surface area contributed by atoms with E-state index < -0.39 is 5.60 Å². The Bertz CT molecular complexity index is 749. The summed E-state index contributed by atoms with van der Waals surface area (Å²) in [7, 11) is 1.61. The first-order valence-corrected chi connectivity index (χ1v) is 10.2. The maximum absolute atomic E-state index is 10.9. The third-order valence-corrected chi connectivity index (χ3v) is 7.22. The molecule has 1 aromatic rings. The fraction of sp³-hybridized carbons (Fsp3) is 0.667. The molecule has 4 saturated carbocycles. The van der Waals surface area contributed by atoms with Crippen molar-refractivity contribution in [2.75, 3.05) is 19.0 Å².